The Morgan fingerprint density at radius 1 is 1.44 bits per heavy atom. The van der Waals surface area contributed by atoms with Gasteiger partial charge in [-0.2, -0.15) is 16.9 Å². The second-order valence-electron chi connectivity index (χ2n) is 4.85. The van der Waals surface area contributed by atoms with Crippen molar-refractivity contribution in [2.45, 2.75) is 37.5 Å². The molecule has 2 unspecified atom stereocenters. The first-order valence-corrected chi connectivity index (χ1v) is 7.67. The molecule has 18 heavy (non-hydrogen) atoms. The fourth-order valence-corrected chi connectivity index (χ4v) is 3.64. The number of rotatable bonds is 3. The number of thioether (sulfide) groups is 1. The Labute approximate surface area is 111 Å². The molecule has 4 nitrogen and oxygen atoms in total. The summed E-state index contributed by atoms with van der Waals surface area (Å²) >= 11 is 1.96. The maximum atomic E-state index is 4.47. The van der Waals surface area contributed by atoms with Crippen molar-refractivity contribution in [3.05, 3.63) is 24.2 Å². The zero-order chi connectivity index (χ0) is 12.5. The molecule has 96 valence electrons. The van der Waals surface area contributed by atoms with Crippen LogP contribution in [0.5, 0.6) is 0 Å². The lowest BCUT2D eigenvalue weighted by molar-refractivity contribution is 0.762. The van der Waals surface area contributed by atoms with Gasteiger partial charge in [0.25, 0.3) is 0 Å². The van der Waals surface area contributed by atoms with Crippen molar-refractivity contribution in [1.29, 1.82) is 0 Å². The Morgan fingerprint density at radius 2 is 2.33 bits per heavy atom. The van der Waals surface area contributed by atoms with E-state index in [1.807, 2.05) is 35.6 Å². The third kappa shape index (κ3) is 2.07. The van der Waals surface area contributed by atoms with E-state index < -0.39 is 0 Å². The van der Waals surface area contributed by atoms with E-state index in [4.69, 9.17) is 0 Å². The molecule has 2 aromatic heterocycles. The van der Waals surface area contributed by atoms with Crippen molar-refractivity contribution < 1.29 is 0 Å². The van der Waals surface area contributed by atoms with Gasteiger partial charge in [-0.15, -0.1) is 0 Å². The van der Waals surface area contributed by atoms with Gasteiger partial charge in [0, 0.05) is 23.7 Å². The molecule has 2 atom stereocenters. The van der Waals surface area contributed by atoms with Gasteiger partial charge in [-0.1, -0.05) is 6.42 Å². The topological polar surface area (TPSA) is 42.2 Å². The molecule has 1 N–H and O–H groups in total. The number of nitrogens with zero attached hydrogens (tertiary/aromatic N) is 3. The summed E-state index contributed by atoms with van der Waals surface area (Å²) in [4.78, 5) is 4.47. The predicted octanol–water partition coefficient (Wildman–Crippen LogP) is 2.73. The van der Waals surface area contributed by atoms with E-state index in [0.29, 0.717) is 11.3 Å². The molecular formula is C13H18N4S. The van der Waals surface area contributed by atoms with Crippen LogP contribution in [0.25, 0.3) is 5.52 Å². The highest BCUT2D eigenvalue weighted by Gasteiger charge is 2.27. The largest absolute Gasteiger partial charge is 0.364 e. The van der Waals surface area contributed by atoms with E-state index in [1.165, 1.54) is 19.3 Å². The second-order valence-corrected chi connectivity index (χ2v) is 5.92. The van der Waals surface area contributed by atoms with Gasteiger partial charge < -0.3 is 5.32 Å². The molecule has 0 amide bonds. The summed E-state index contributed by atoms with van der Waals surface area (Å²) in [5.74, 6) is 0.962. The van der Waals surface area contributed by atoms with Crippen LogP contribution in [0.15, 0.2) is 18.5 Å². The van der Waals surface area contributed by atoms with Crippen LogP contribution in [0.2, 0.25) is 0 Å². The van der Waals surface area contributed by atoms with E-state index in [0.717, 1.165) is 17.0 Å². The number of hydrogen-bond acceptors (Lipinski definition) is 4. The van der Waals surface area contributed by atoms with E-state index in [2.05, 4.69) is 27.7 Å². The summed E-state index contributed by atoms with van der Waals surface area (Å²) in [5, 5.41) is 8.73. The van der Waals surface area contributed by atoms with E-state index in [1.54, 1.807) is 0 Å². The molecule has 2 heterocycles. The Bertz CT molecular complexity index is 551. The van der Waals surface area contributed by atoms with Crippen molar-refractivity contribution in [3.63, 3.8) is 0 Å². The molecule has 1 aliphatic carbocycles. The van der Waals surface area contributed by atoms with Gasteiger partial charge >= 0.3 is 0 Å². The van der Waals surface area contributed by atoms with Gasteiger partial charge in [-0.3, -0.25) is 0 Å². The quantitative estimate of drug-likeness (QED) is 0.923. The molecule has 0 bridgehead atoms. The van der Waals surface area contributed by atoms with E-state index in [9.17, 15) is 0 Å². The molecule has 1 saturated carbocycles. The van der Waals surface area contributed by atoms with Crippen LogP contribution in [-0.4, -0.2) is 32.1 Å². The monoisotopic (exact) mass is 262 g/mol. The summed E-state index contributed by atoms with van der Waals surface area (Å²) < 4.78 is 1.90. The summed E-state index contributed by atoms with van der Waals surface area (Å²) in [6.45, 7) is 2.01. The van der Waals surface area contributed by atoms with E-state index in [-0.39, 0.29) is 0 Å². The first kappa shape index (κ1) is 11.8. The van der Waals surface area contributed by atoms with Crippen LogP contribution in [0.1, 0.15) is 25.0 Å². The van der Waals surface area contributed by atoms with Crippen LogP contribution < -0.4 is 5.32 Å². The standard InChI is InChI=1S/C13H18N4S/c1-9-8-11-13(14-6-7-17(11)16-9)15-10-4-3-5-12(10)18-2/h6-8,10,12H,3-5H2,1-2H3,(H,14,15). The van der Waals surface area contributed by atoms with Crippen molar-refractivity contribution in [2.24, 2.45) is 0 Å². The SMILES string of the molecule is CSC1CCCC1Nc1nccn2nc(C)cc12. The normalized spacial score (nSPS) is 23.7. The Hall–Kier alpha value is -1.23. The smallest absolute Gasteiger partial charge is 0.152 e. The van der Waals surface area contributed by atoms with E-state index >= 15 is 0 Å². The second kappa shape index (κ2) is 4.80. The molecule has 0 aliphatic heterocycles. The Balaban J connectivity index is 1.90. The summed E-state index contributed by atoms with van der Waals surface area (Å²) in [5.41, 5.74) is 2.10. The van der Waals surface area contributed by atoms with Crippen LogP contribution in [-0.2, 0) is 0 Å². The lowest BCUT2D eigenvalue weighted by atomic mass is 10.2. The number of aryl methyl sites for hydroxylation is 1. The molecule has 1 aliphatic rings. The van der Waals surface area contributed by atoms with Crippen LogP contribution in [0.3, 0.4) is 0 Å². The minimum Gasteiger partial charge on any atom is -0.364 e. The zero-order valence-corrected chi connectivity index (χ0v) is 11.6. The maximum absolute atomic E-state index is 4.47. The average molecular weight is 262 g/mol. The molecule has 0 radical (unpaired) electrons. The molecule has 0 spiro atoms. The number of aromatic nitrogens is 3. The number of anilines is 1. The maximum Gasteiger partial charge on any atom is 0.152 e. The van der Waals surface area contributed by atoms with Gasteiger partial charge in [0.15, 0.2) is 5.82 Å². The van der Waals surface area contributed by atoms with Gasteiger partial charge in [-0.05, 0) is 32.1 Å². The number of hydrogen-bond donors (Lipinski definition) is 1. The zero-order valence-electron chi connectivity index (χ0n) is 10.8. The van der Waals surface area contributed by atoms with Crippen molar-refractivity contribution in [2.75, 3.05) is 11.6 Å². The first-order chi connectivity index (χ1) is 8.78. The molecule has 1 fully saturated rings. The van der Waals surface area contributed by atoms with Gasteiger partial charge in [-0.25, -0.2) is 9.50 Å². The predicted molar refractivity (Wildman–Crippen MR) is 76.3 cm³/mol. The van der Waals surface area contributed by atoms with Gasteiger partial charge in [0.05, 0.1) is 5.69 Å². The van der Waals surface area contributed by atoms with Crippen molar-refractivity contribution in [1.82, 2.24) is 14.6 Å². The minimum absolute atomic E-state index is 0.536. The first-order valence-electron chi connectivity index (χ1n) is 6.38. The number of nitrogens with one attached hydrogen (secondary N) is 1. The lowest BCUT2D eigenvalue weighted by Crippen LogP contribution is -2.26. The molecule has 0 saturated heterocycles. The minimum atomic E-state index is 0.536. The fraction of sp³-hybridized carbons (Fsp3) is 0.538. The summed E-state index contributed by atoms with van der Waals surface area (Å²) in [7, 11) is 0. The van der Waals surface area contributed by atoms with Crippen molar-refractivity contribution >= 4 is 23.1 Å². The third-order valence-electron chi connectivity index (χ3n) is 3.59. The average Bonchev–Trinajstić information content (AvgIpc) is 2.94. The molecular weight excluding hydrogens is 244 g/mol. The molecule has 3 rings (SSSR count). The highest BCUT2D eigenvalue weighted by molar-refractivity contribution is 7.99. The highest BCUT2D eigenvalue weighted by Crippen LogP contribution is 2.31. The van der Waals surface area contributed by atoms with Crippen LogP contribution >= 0.6 is 11.8 Å². The van der Waals surface area contributed by atoms with Gasteiger partial charge in [0.1, 0.15) is 5.52 Å². The molecule has 5 heteroatoms. The third-order valence-corrected chi connectivity index (χ3v) is 4.76. The molecule has 0 aromatic carbocycles. The fourth-order valence-electron chi connectivity index (χ4n) is 2.70. The lowest BCUT2D eigenvalue weighted by Gasteiger charge is -2.19. The highest BCUT2D eigenvalue weighted by atomic mass is 32.2. The van der Waals surface area contributed by atoms with Crippen LogP contribution in [0, 0.1) is 6.92 Å². The van der Waals surface area contributed by atoms with Crippen LogP contribution in [0.4, 0.5) is 5.82 Å². The van der Waals surface area contributed by atoms with Gasteiger partial charge in [0.2, 0.25) is 0 Å². The Kier molecular flexibility index (Phi) is 3.16. The summed E-state index contributed by atoms with van der Waals surface area (Å²) in [6, 6.07) is 2.62. The Morgan fingerprint density at radius 3 is 3.17 bits per heavy atom. The molecule has 2 aromatic rings. The number of fused-ring (bicyclic) bond motifs is 1. The summed E-state index contributed by atoms with van der Waals surface area (Å²) in [6.07, 6.45) is 9.76. The van der Waals surface area contributed by atoms with Crippen molar-refractivity contribution in [3.8, 4) is 0 Å².